The first kappa shape index (κ1) is 14.4. The summed E-state index contributed by atoms with van der Waals surface area (Å²) in [6, 6.07) is 3.66. The van der Waals surface area contributed by atoms with Crippen molar-refractivity contribution in [2.75, 3.05) is 6.61 Å². The standard InChI is InChI=1S/C12H16N4O3S/c1-2-19-11(17)7-3-4-8-15-12(18)16(14-13-15)10-6-5-9-20-10/h5-6,9H,2-4,7-8H2,1H3. The quantitative estimate of drug-likeness (QED) is 0.567. The summed E-state index contributed by atoms with van der Waals surface area (Å²) in [5.74, 6) is -0.206. The Morgan fingerprint density at radius 3 is 2.95 bits per heavy atom. The summed E-state index contributed by atoms with van der Waals surface area (Å²) < 4.78 is 7.42. The number of nitrogens with zero attached hydrogens (tertiary/aromatic N) is 4. The number of thiophene rings is 1. The first-order valence-corrected chi connectivity index (χ1v) is 7.32. The molecule has 0 bridgehead atoms. The number of aryl methyl sites for hydroxylation is 1. The molecular formula is C12H16N4O3S. The zero-order valence-electron chi connectivity index (χ0n) is 11.2. The van der Waals surface area contributed by atoms with E-state index in [2.05, 4.69) is 10.4 Å². The highest BCUT2D eigenvalue weighted by Crippen LogP contribution is 2.10. The van der Waals surface area contributed by atoms with Crippen LogP contribution >= 0.6 is 11.3 Å². The van der Waals surface area contributed by atoms with Gasteiger partial charge in [-0.15, -0.1) is 11.3 Å². The lowest BCUT2D eigenvalue weighted by atomic mass is 10.2. The van der Waals surface area contributed by atoms with Gasteiger partial charge in [-0.1, -0.05) is 0 Å². The van der Waals surface area contributed by atoms with Crippen molar-refractivity contribution in [3.05, 3.63) is 28.0 Å². The molecule has 0 fully saturated rings. The zero-order valence-corrected chi connectivity index (χ0v) is 12.0. The Morgan fingerprint density at radius 1 is 1.40 bits per heavy atom. The number of unbranched alkanes of at least 4 members (excludes halogenated alkanes) is 1. The third-order valence-corrected chi connectivity index (χ3v) is 3.50. The van der Waals surface area contributed by atoms with Crippen LogP contribution in [0.2, 0.25) is 0 Å². The zero-order chi connectivity index (χ0) is 14.4. The Morgan fingerprint density at radius 2 is 2.25 bits per heavy atom. The van der Waals surface area contributed by atoms with Gasteiger partial charge in [0.25, 0.3) is 0 Å². The summed E-state index contributed by atoms with van der Waals surface area (Å²) in [4.78, 5) is 23.2. The Bertz CT molecular complexity index is 603. The van der Waals surface area contributed by atoms with E-state index in [1.54, 1.807) is 6.92 Å². The molecule has 0 atom stereocenters. The molecule has 0 amide bonds. The number of hydrogen-bond acceptors (Lipinski definition) is 6. The van der Waals surface area contributed by atoms with Crippen LogP contribution in [0, 0.1) is 0 Å². The van der Waals surface area contributed by atoms with Crippen LogP contribution in [-0.2, 0) is 16.1 Å². The van der Waals surface area contributed by atoms with Crippen molar-refractivity contribution in [3.8, 4) is 5.00 Å². The normalized spacial score (nSPS) is 10.7. The molecule has 2 heterocycles. The average Bonchev–Trinajstić information content (AvgIpc) is 3.05. The fraction of sp³-hybridized carbons (Fsp3) is 0.500. The molecule has 0 aromatic carbocycles. The topological polar surface area (TPSA) is 79.0 Å². The second-order valence-electron chi connectivity index (χ2n) is 4.11. The van der Waals surface area contributed by atoms with Crippen molar-refractivity contribution in [2.24, 2.45) is 0 Å². The lowest BCUT2D eigenvalue weighted by Gasteiger charge is -2.01. The average molecular weight is 296 g/mol. The highest BCUT2D eigenvalue weighted by atomic mass is 32.1. The van der Waals surface area contributed by atoms with Gasteiger partial charge in [0, 0.05) is 13.0 Å². The van der Waals surface area contributed by atoms with E-state index in [-0.39, 0.29) is 11.7 Å². The molecule has 20 heavy (non-hydrogen) atoms. The van der Waals surface area contributed by atoms with Gasteiger partial charge in [0.1, 0.15) is 5.00 Å². The fourth-order valence-corrected chi connectivity index (χ4v) is 2.38. The molecule has 0 unspecified atom stereocenters. The van der Waals surface area contributed by atoms with Crippen molar-refractivity contribution in [3.63, 3.8) is 0 Å². The molecule has 7 nitrogen and oxygen atoms in total. The van der Waals surface area contributed by atoms with Gasteiger partial charge in [-0.25, -0.2) is 4.79 Å². The molecule has 2 rings (SSSR count). The maximum absolute atomic E-state index is 12.0. The summed E-state index contributed by atoms with van der Waals surface area (Å²) in [6.07, 6.45) is 1.71. The van der Waals surface area contributed by atoms with E-state index < -0.39 is 0 Å². The summed E-state index contributed by atoms with van der Waals surface area (Å²) in [6.45, 7) is 2.62. The number of hydrogen-bond donors (Lipinski definition) is 0. The summed E-state index contributed by atoms with van der Waals surface area (Å²) in [7, 11) is 0. The molecule has 2 aromatic rings. The van der Waals surface area contributed by atoms with E-state index >= 15 is 0 Å². The van der Waals surface area contributed by atoms with E-state index in [0.29, 0.717) is 32.4 Å². The number of rotatable bonds is 7. The van der Waals surface area contributed by atoms with Gasteiger partial charge in [-0.2, -0.15) is 9.36 Å². The van der Waals surface area contributed by atoms with Crippen LogP contribution < -0.4 is 5.69 Å². The van der Waals surface area contributed by atoms with Crippen LogP contribution in [-0.4, -0.2) is 32.4 Å². The maximum Gasteiger partial charge on any atom is 0.369 e. The monoisotopic (exact) mass is 296 g/mol. The summed E-state index contributed by atoms with van der Waals surface area (Å²) >= 11 is 1.43. The van der Waals surface area contributed by atoms with Crippen LogP contribution in [0.25, 0.3) is 5.00 Å². The van der Waals surface area contributed by atoms with E-state index in [1.807, 2.05) is 17.5 Å². The molecule has 0 N–H and O–H groups in total. The second-order valence-corrected chi connectivity index (χ2v) is 5.04. The first-order chi connectivity index (χ1) is 9.72. The van der Waals surface area contributed by atoms with Gasteiger partial charge in [-0.3, -0.25) is 4.79 Å². The highest BCUT2D eigenvalue weighted by Gasteiger charge is 2.09. The van der Waals surface area contributed by atoms with Crippen molar-refractivity contribution in [1.82, 2.24) is 19.8 Å². The maximum atomic E-state index is 12.0. The number of ether oxygens (including phenoxy) is 1. The Hall–Kier alpha value is -1.96. The smallest absolute Gasteiger partial charge is 0.369 e. The minimum absolute atomic E-state index is 0.206. The third-order valence-electron chi connectivity index (χ3n) is 2.66. The van der Waals surface area contributed by atoms with Crippen LogP contribution in [0.1, 0.15) is 26.2 Å². The second kappa shape index (κ2) is 6.99. The van der Waals surface area contributed by atoms with E-state index in [4.69, 9.17) is 4.74 Å². The lowest BCUT2D eigenvalue weighted by Crippen LogP contribution is -2.24. The Kier molecular flexibility index (Phi) is 5.05. The first-order valence-electron chi connectivity index (χ1n) is 6.44. The number of aromatic nitrogens is 4. The Labute approximate surface area is 119 Å². The Balaban J connectivity index is 1.86. The molecular weight excluding hydrogens is 280 g/mol. The fourth-order valence-electron chi connectivity index (χ4n) is 1.71. The van der Waals surface area contributed by atoms with E-state index in [0.717, 1.165) is 5.00 Å². The largest absolute Gasteiger partial charge is 0.466 e. The predicted octanol–water partition coefficient (Wildman–Crippen LogP) is 1.22. The molecule has 0 aliphatic rings. The van der Waals surface area contributed by atoms with Gasteiger partial charge in [-0.05, 0) is 47.7 Å². The van der Waals surface area contributed by atoms with Crippen LogP contribution in [0.4, 0.5) is 0 Å². The van der Waals surface area contributed by atoms with Gasteiger partial charge in [0.05, 0.1) is 6.61 Å². The van der Waals surface area contributed by atoms with Gasteiger partial charge < -0.3 is 4.74 Å². The highest BCUT2D eigenvalue weighted by molar-refractivity contribution is 7.12. The molecule has 8 heteroatoms. The minimum atomic E-state index is -0.261. The summed E-state index contributed by atoms with van der Waals surface area (Å²) in [5.41, 5.74) is -0.261. The SMILES string of the molecule is CCOC(=O)CCCCn1nnn(-c2cccs2)c1=O. The van der Waals surface area contributed by atoms with Gasteiger partial charge in [0.15, 0.2) is 0 Å². The molecule has 0 saturated carbocycles. The molecule has 0 aliphatic heterocycles. The number of esters is 1. The molecule has 0 radical (unpaired) electrons. The predicted molar refractivity (Wildman–Crippen MR) is 74.0 cm³/mol. The van der Waals surface area contributed by atoms with Crippen molar-refractivity contribution in [1.29, 1.82) is 0 Å². The van der Waals surface area contributed by atoms with Crippen LogP contribution in [0.5, 0.6) is 0 Å². The molecule has 0 aliphatic carbocycles. The number of carbonyl (C=O) groups excluding carboxylic acids is 1. The van der Waals surface area contributed by atoms with Crippen molar-refractivity contribution >= 4 is 17.3 Å². The van der Waals surface area contributed by atoms with Crippen molar-refractivity contribution < 1.29 is 9.53 Å². The van der Waals surface area contributed by atoms with Crippen LogP contribution in [0.3, 0.4) is 0 Å². The number of tetrazole rings is 1. The molecule has 108 valence electrons. The minimum Gasteiger partial charge on any atom is -0.466 e. The van der Waals surface area contributed by atoms with Crippen molar-refractivity contribution in [2.45, 2.75) is 32.7 Å². The molecule has 2 aromatic heterocycles. The summed E-state index contributed by atoms with van der Waals surface area (Å²) in [5, 5.41) is 10.3. The van der Waals surface area contributed by atoms with E-state index in [9.17, 15) is 9.59 Å². The molecule has 0 saturated heterocycles. The lowest BCUT2D eigenvalue weighted by molar-refractivity contribution is -0.143. The van der Waals surface area contributed by atoms with Gasteiger partial charge >= 0.3 is 11.7 Å². The van der Waals surface area contributed by atoms with E-state index in [1.165, 1.54) is 20.7 Å². The number of carbonyl (C=O) groups is 1. The van der Waals surface area contributed by atoms with Gasteiger partial charge in [0.2, 0.25) is 0 Å². The molecule has 0 spiro atoms. The third kappa shape index (κ3) is 3.53. The van der Waals surface area contributed by atoms with Crippen LogP contribution in [0.15, 0.2) is 22.3 Å².